The normalized spacial score (nSPS) is 12.4. The number of aliphatic imine (C=N–C) groups is 1. The maximum absolute atomic E-state index is 12.4. The Morgan fingerprint density at radius 2 is 1.75 bits per heavy atom. The van der Waals surface area contributed by atoms with Gasteiger partial charge in [-0.2, -0.15) is 0 Å². The molecule has 0 saturated heterocycles. The molecule has 3 aromatic rings. The Labute approximate surface area is 171 Å². The van der Waals surface area contributed by atoms with Gasteiger partial charge in [-0.15, -0.1) is 0 Å². The van der Waals surface area contributed by atoms with Crippen molar-refractivity contribution in [2.24, 2.45) is 4.99 Å². The lowest BCUT2D eigenvalue weighted by Gasteiger charge is -2.09. The predicted octanol–water partition coefficient (Wildman–Crippen LogP) is 5.73. The van der Waals surface area contributed by atoms with Crippen LogP contribution in [0.3, 0.4) is 0 Å². The second kappa shape index (κ2) is 7.92. The molecule has 0 aliphatic carbocycles. The van der Waals surface area contributed by atoms with Gasteiger partial charge < -0.3 is 14.8 Å². The zero-order valence-corrected chi connectivity index (χ0v) is 16.0. The second-order valence-corrected chi connectivity index (χ2v) is 6.79. The third-order valence-corrected chi connectivity index (χ3v) is 4.69. The highest BCUT2D eigenvalue weighted by molar-refractivity contribution is 6.38. The van der Waals surface area contributed by atoms with Crippen LogP contribution in [0.2, 0.25) is 10.0 Å². The molecule has 0 saturated carbocycles. The van der Waals surface area contributed by atoms with E-state index in [4.69, 9.17) is 32.7 Å². The van der Waals surface area contributed by atoms with Gasteiger partial charge in [0.2, 0.25) is 6.79 Å². The number of anilines is 1. The lowest BCUT2D eigenvalue weighted by atomic mass is 10.2. The molecule has 3 aromatic carbocycles. The zero-order chi connectivity index (χ0) is 19.5. The lowest BCUT2D eigenvalue weighted by molar-refractivity contribution is 0.102. The first-order chi connectivity index (χ1) is 13.6. The van der Waals surface area contributed by atoms with Crippen LogP contribution in [0.1, 0.15) is 15.9 Å². The summed E-state index contributed by atoms with van der Waals surface area (Å²) in [7, 11) is 0. The molecule has 0 unspecified atom stereocenters. The molecule has 1 heterocycles. The van der Waals surface area contributed by atoms with Gasteiger partial charge in [-0.05, 0) is 48.0 Å². The van der Waals surface area contributed by atoms with E-state index < -0.39 is 0 Å². The molecule has 0 atom stereocenters. The third kappa shape index (κ3) is 3.96. The molecule has 0 spiro atoms. The predicted molar refractivity (Wildman–Crippen MR) is 111 cm³/mol. The second-order valence-electron chi connectivity index (χ2n) is 5.97. The van der Waals surface area contributed by atoms with Crippen molar-refractivity contribution >= 4 is 46.7 Å². The Morgan fingerprint density at radius 3 is 2.57 bits per heavy atom. The fraction of sp³-hybridized carbons (Fsp3) is 0.0476. The summed E-state index contributed by atoms with van der Waals surface area (Å²) in [5.74, 6) is 1.10. The van der Waals surface area contributed by atoms with Crippen LogP contribution >= 0.6 is 23.2 Å². The van der Waals surface area contributed by atoms with Crippen LogP contribution in [0.15, 0.2) is 65.7 Å². The Bertz CT molecular complexity index is 1070. The molecule has 0 fully saturated rings. The number of ether oxygens (including phenoxy) is 2. The van der Waals surface area contributed by atoms with Gasteiger partial charge >= 0.3 is 0 Å². The van der Waals surface area contributed by atoms with Crippen LogP contribution in [0.5, 0.6) is 11.5 Å². The molecule has 1 aliphatic rings. The van der Waals surface area contributed by atoms with Crippen molar-refractivity contribution in [1.29, 1.82) is 0 Å². The molecule has 1 aliphatic heterocycles. The molecule has 1 N–H and O–H groups in total. The number of amides is 1. The Hall–Kier alpha value is -3.02. The minimum absolute atomic E-state index is 0.212. The number of fused-ring (bicyclic) bond motifs is 1. The Kier molecular flexibility index (Phi) is 5.19. The van der Waals surface area contributed by atoms with E-state index in [-0.39, 0.29) is 12.7 Å². The highest BCUT2D eigenvalue weighted by Gasteiger charge is 2.13. The number of hydrogen-bond acceptors (Lipinski definition) is 4. The molecular formula is C21H14Cl2N2O3. The number of halogens is 2. The lowest BCUT2D eigenvalue weighted by Crippen LogP contribution is -2.11. The van der Waals surface area contributed by atoms with Crippen molar-refractivity contribution in [3.8, 4) is 11.5 Å². The highest BCUT2D eigenvalue weighted by Crippen LogP contribution is 2.35. The van der Waals surface area contributed by atoms with Gasteiger partial charge in [0.1, 0.15) is 0 Å². The first-order valence-electron chi connectivity index (χ1n) is 8.39. The van der Waals surface area contributed by atoms with Crippen molar-refractivity contribution in [3.63, 3.8) is 0 Å². The number of benzene rings is 3. The molecular weight excluding hydrogens is 399 g/mol. The van der Waals surface area contributed by atoms with Gasteiger partial charge in [0, 0.05) is 11.8 Å². The van der Waals surface area contributed by atoms with Gasteiger partial charge in [0.25, 0.3) is 5.91 Å². The molecule has 1 amide bonds. The van der Waals surface area contributed by atoms with Crippen molar-refractivity contribution in [1.82, 2.24) is 0 Å². The topological polar surface area (TPSA) is 59.9 Å². The summed E-state index contributed by atoms with van der Waals surface area (Å²) in [6.07, 6.45) is 1.65. The fourth-order valence-electron chi connectivity index (χ4n) is 2.65. The van der Waals surface area contributed by atoms with Crippen LogP contribution < -0.4 is 14.8 Å². The summed E-state index contributed by atoms with van der Waals surface area (Å²) in [5, 5.41) is 3.49. The number of nitrogens with zero attached hydrogens (tertiary/aromatic N) is 1. The number of carbonyl (C=O) groups is 1. The van der Waals surface area contributed by atoms with E-state index >= 15 is 0 Å². The number of rotatable bonds is 4. The van der Waals surface area contributed by atoms with Crippen molar-refractivity contribution in [2.75, 3.05) is 12.1 Å². The average molecular weight is 413 g/mol. The standard InChI is InChI=1S/C21H14Cl2N2O3/c22-15-9-16(23)18(25-21(26)14-4-2-1-3-5-14)10-17(15)24-11-13-6-7-19-20(8-13)28-12-27-19/h1-11H,12H2,(H,25,26). The van der Waals surface area contributed by atoms with Gasteiger partial charge in [0.05, 0.1) is 21.4 Å². The zero-order valence-electron chi connectivity index (χ0n) is 14.5. The highest BCUT2D eigenvalue weighted by atomic mass is 35.5. The van der Waals surface area contributed by atoms with Crippen LogP contribution in [-0.4, -0.2) is 18.9 Å². The van der Waals surface area contributed by atoms with Gasteiger partial charge in [-0.25, -0.2) is 0 Å². The Morgan fingerprint density at radius 1 is 0.964 bits per heavy atom. The number of nitrogens with one attached hydrogen (secondary N) is 1. The van der Waals surface area contributed by atoms with E-state index in [9.17, 15) is 4.79 Å². The van der Waals surface area contributed by atoms with Crippen molar-refractivity contribution < 1.29 is 14.3 Å². The molecule has 7 heteroatoms. The molecule has 5 nitrogen and oxygen atoms in total. The first-order valence-corrected chi connectivity index (χ1v) is 9.15. The van der Waals surface area contributed by atoms with E-state index in [1.807, 2.05) is 24.3 Å². The number of hydrogen-bond donors (Lipinski definition) is 1. The first kappa shape index (κ1) is 18.3. The van der Waals surface area contributed by atoms with E-state index in [0.29, 0.717) is 38.5 Å². The summed E-state index contributed by atoms with van der Waals surface area (Å²) in [5.41, 5.74) is 2.26. The molecule has 0 radical (unpaired) electrons. The monoisotopic (exact) mass is 412 g/mol. The molecule has 140 valence electrons. The van der Waals surface area contributed by atoms with Crippen LogP contribution in [0, 0.1) is 0 Å². The molecule has 28 heavy (non-hydrogen) atoms. The van der Waals surface area contributed by atoms with Gasteiger partial charge in [-0.3, -0.25) is 9.79 Å². The third-order valence-electron chi connectivity index (χ3n) is 4.07. The number of carbonyl (C=O) groups excluding carboxylic acids is 1. The summed E-state index contributed by atoms with van der Waals surface area (Å²) < 4.78 is 10.7. The maximum Gasteiger partial charge on any atom is 0.255 e. The summed E-state index contributed by atoms with van der Waals surface area (Å²) in [6.45, 7) is 0.212. The Balaban J connectivity index is 1.57. The van der Waals surface area contributed by atoms with Crippen LogP contribution in [-0.2, 0) is 0 Å². The van der Waals surface area contributed by atoms with Crippen LogP contribution in [0.4, 0.5) is 11.4 Å². The van der Waals surface area contributed by atoms with Gasteiger partial charge in [0.15, 0.2) is 11.5 Å². The van der Waals surface area contributed by atoms with E-state index in [1.165, 1.54) is 0 Å². The summed E-state index contributed by atoms with van der Waals surface area (Å²) in [4.78, 5) is 16.8. The maximum atomic E-state index is 12.4. The van der Waals surface area contributed by atoms with Crippen molar-refractivity contribution in [2.45, 2.75) is 0 Å². The molecule has 0 bridgehead atoms. The molecule has 0 aromatic heterocycles. The summed E-state index contributed by atoms with van der Waals surface area (Å²) >= 11 is 12.5. The van der Waals surface area contributed by atoms with E-state index in [0.717, 1.165) is 5.56 Å². The quantitative estimate of drug-likeness (QED) is 0.556. The van der Waals surface area contributed by atoms with E-state index in [2.05, 4.69) is 10.3 Å². The van der Waals surface area contributed by atoms with Crippen LogP contribution in [0.25, 0.3) is 0 Å². The van der Waals surface area contributed by atoms with E-state index in [1.54, 1.807) is 42.6 Å². The SMILES string of the molecule is O=C(Nc1cc(N=Cc2ccc3c(c2)OCO3)c(Cl)cc1Cl)c1ccccc1. The summed E-state index contributed by atoms with van der Waals surface area (Å²) in [6, 6.07) is 17.6. The minimum Gasteiger partial charge on any atom is -0.454 e. The van der Waals surface area contributed by atoms with Gasteiger partial charge in [-0.1, -0.05) is 41.4 Å². The largest absolute Gasteiger partial charge is 0.454 e. The van der Waals surface area contributed by atoms with Crippen molar-refractivity contribution in [3.05, 3.63) is 81.8 Å². The average Bonchev–Trinajstić information content (AvgIpc) is 3.17. The minimum atomic E-state index is -0.268. The molecule has 4 rings (SSSR count). The smallest absolute Gasteiger partial charge is 0.255 e. The fourth-order valence-corrected chi connectivity index (χ4v) is 3.13.